The van der Waals surface area contributed by atoms with Crippen molar-refractivity contribution in [1.29, 1.82) is 5.26 Å². The highest BCUT2D eigenvalue weighted by Crippen LogP contribution is 2.32. The van der Waals surface area contributed by atoms with Gasteiger partial charge in [0.2, 0.25) is 5.91 Å². The first-order valence-electron chi connectivity index (χ1n) is 6.97. The number of benzene rings is 1. The average molecular weight is 272 g/mol. The topological polar surface area (TPSA) is 64.3 Å². The summed E-state index contributed by atoms with van der Waals surface area (Å²) in [7, 11) is 1.72. The first-order valence-corrected chi connectivity index (χ1v) is 6.97. The number of carbonyl (C=O) groups excluding carboxylic acids is 1. The summed E-state index contributed by atoms with van der Waals surface area (Å²) in [5.74, 6) is 0.353. The van der Waals surface area contributed by atoms with Crippen LogP contribution in [0.15, 0.2) is 24.3 Å². The number of nitrogens with zero attached hydrogens (tertiary/aromatic N) is 2. The first kappa shape index (κ1) is 14.5. The summed E-state index contributed by atoms with van der Waals surface area (Å²) in [6.45, 7) is 0.393. The summed E-state index contributed by atoms with van der Waals surface area (Å²) < 4.78 is 0. The number of hydrogen-bond donors (Lipinski definition) is 1. The van der Waals surface area contributed by atoms with E-state index in [1.165, 1.54) is 0 Å². The van der Waals surface area contributed by atoms with Crippen molar-refractivity contribution in [2.24, 2.45) is 5.92 Å². The van der Waals surface area contributed by atoms with E-state index in [4.69, 9.17) is 5.26 Å². The van der Waals surface area contributed by atoms with Gasteiger partial charge in [0, 0.05) is 13.6 Å². The van der Waals surface area contributed by atoms with E-state index in [1.54, 1.807) is 11.9 Å². The molecule has 1 aromatic rings. The molecule has 0 radical (unpaired) electrons. The summed E-state index contributed by atoms with van der Waals surface area (Å²) in [6.07, 6.45) is 2.32. The Hall–Kier alpha value is -1.86. The Kier molecular flexibility index (Phi) is 4.75. The molecule has 4 nitrogen and oxygen atoms in total. The second-order valence-electron chi connectivity index (χ2n) is 5.46. The van der Waals surface area contributed by atoms with Gasteiger partial charge in [-0.15, -0.1) is 0 Å². The summed E-state index contributed by atoms with van der Waals surface area (Å²) >= 11 is 0. The smallest absolute Gasteiger partial charge is 0.226 e. The maximum Gasteiger partial charge on any atom is 0.226 e. The molecule has 4 heteroatoms. The van der Waals surface area contributed by atoms with Gasteiger partial charge in [-0.2, -0.15) is 5.26 Å². The number of aliphatic hydroxyl groups is 1. The zero-order chi connectivity index (χ0) is 14.5. The Bertz CT molecular complexity index is 517. The molecule has 0 heterocycles. The molecule has 0 aromatic heterocycles. The van der Waals surface area contributed by atoms with Gasteiger partial charge in [-0.3, -0.25) is 4.79 Å². The minimum atomic E-state index is -0.404. The van der Waals surface area contributed by atoms with Crippen LogP contribution < -0.4 is 0 Å². The van der Waals surface area contributed by atoms with Gasteiger partial charge in [0.15, 0.2) is 0 Å². The lowest BCUT2D eigenvalue weighted by molar-refractivity contribution is -0.130. The van der Waals surface area contributed by atoms with E-state index in [1.807, 2.05) is 24.3 Å². The first-order chi connectivity index (χ1) is 9.61. The van der Waals surface area contributed by atoms with Crippen molar-refractivity contribution < 1.29 is 9.90 Å². The van der Waals surface area contributed by atoms with Crippen molar-refractivity contribution >= 4 is 5.91 Å². The van der Waals surface area contributed by atoms with Crippen LogP contribution in [0.25, 0.3) is 0 Å². The largest absolute Gasteiger partial charge is 0.391 e. The molecule has 0 bridgehead atoms. The molecular weight excluding hydrogens is 252 g/mol. The molecule has 0 spiro atoms. The molecular formula is C16H20N2O2. The third-order valence-electron chi connectivity index (χ3n) is 3.78. The lowest BCUT2D eigenvalue weighted by atomic mass is 10.0. The van der Waals surface area contributed by atoms with E-state index in [9.17, 15) is 9.90 Å². The average Bonchev–Trinajstić information content (AvgIpc) is 3.25. The van der Waals surface area contributed by atoms with Crippen LogP contribution in [0.1, 0.15) is 24.0 Å². The predicted molar refractivity (Wildman–Crippen MR) is 75.8 cm³/mol. The fourth-order valence-corrected chi connectivity index (χ4v) is 2.30. The van der Waals surface area contributed by atoms with Crippen LogP contribution in [0.2, 0.25) is 0 Å². The maximum atomic E-state index is 12.2. The molecule has 0 aliphatic heterocycles. The summed E-state index contributed by atoms with van der Waals surface area (Å²) in [5, 5.41) is 18.7. The van der Waals surface area contributed by atoms with E-state index in [-0.39, 0.29) is 12.3 Å². The molecule has 1 aliphatic carbocycles. The minimum Gasteiger partial charge on any atom is -0.391 e. The summed E-state index contributed by atoms with van der Waals surface area (Å²) in [5.41, 5.74) is 1.80. The van der Waals surface area contributed by atoms with Crippen LogP contribution in [0, 0.1) is 17.2 Å². The van der Waals surface area contributed by atoms with Crippen LogP contribution in [-0.4, -0.2) is 35.6 Å². The van der Waals surface area contributed by atoms with Gasteiger partial charge in [-0.05, 0) is 29.9 Å². The maximum absolute atomic E-state index is 12.2. The number of carbonyl (C=O) groups is 1. The molecule has 2 rings (SSSR count). The normalized spacial score (nSPS) is 15.4. The Morgan fingerprint density at radius 3 is 2.70 bits per heavy atom. The lowest BCUT2D eigenvalue weighted by Gasteiger charge is -2.21. The van der Waals surface area contributed by atoms with Crippen LogP contribution in [0.5, 0.6) is 0 Å². The fraction of sp³-hybridized carbons (Fsp3) is 0.500. The predicted octanol–water partition coefficient (Wildman–Crippen LogP) is 1.52. The standard InChI is InChI=1S/C16H20N2O2/c1-18(11-15(19)13-6-7-13)16(20)10-14-5-3-2-4-12(14)8-9-17/h2-5,13,15,19H,6-8,10-11H2,1H3. The molecule has 1 aliphatic rings. The van der Waals surface area contributed by atoms with Crippen molar-refractivity contribution in [3.05, 3.63) is 35.4 Å². The van der Waals surface area contributed by atoms with Crippen molar-refractivity contribution in [1.82, 2.24) is 4.90 Å². The van der Waals surface area contributed by atoms with Gasteiger partial charge in [0.25, 0.3) is 0 Å². The molecule has 1 atom stereocenters. The molecule has 1 unspecified atom stereocenters. The highest BCUT2D eigenvalue weighted by Gasteiger charge is 2.31. The zero-order valence-electron chi connectivity index (χ0n) is 11.7. The molecule has 1 fully saturated rings. The molecule has 20 heavy (non-hydrogen) atoms. The summed E-state index contributed by atoms with van der Waals surface area (Å²) in [4.78, 5) is 13.8. The second kappa shape index (κ2) is 6.53. The molecule has 1 N–H and O–H groups in total. The lowest BCUT2D eigenvalue weighted by Crippen LogP contribution is -2.36. The van der Waals surface area contributed by atoms with Crippen molar-refractivity contribution in [3.8, 4) is 6.07 Å². The zero-order valence-corrected chi connectivity index (χ0v) is 11.7. The number of rotatable bonds is 6. The van der Waals surface area contributed by atoms with Crippen LogP contribution >= 0.6 is 0 Å². The Morgan fingerprint density at radius 1 is 1.45 bits per heavy atom. The number of hydrogen-bond acceptors (Lipinski definition) is 3. The van der Waals surface area contributed by atoms with Crippen molar-refractivity contribution in [2.45, 2.75) is 31.8 Å². The SMILES string of the molecule is CN(CC(O)C1CC1)C(=O)Cc1ccccc1CC#N. The van der Waals surface area contributed by atoms with Gasteiger partial charge in [0.05, 0.1) is 25.0 Å². The molecule has 0 saturated heterocycles. The Balaban J connectivity index is 1.94. The van der Waals surface area contributed by atoms with Gasteiger partial charge < -0.3 is 10.0 Å². The highest BCUT2D eigenvalue weighted by atomic mass is 16.3. The number of likely N-dealkylation sites (N-methyl/N-ethyl adjacent to an activating group) is 1. The fourth-order valence-electron chi connectivity index (χ4n) is 2.30. The van der Waals surface area contributed by atoms with Gasteiger partial charge >= 0.3 is 0 Å². The minimum absolute atomic E-state index is 0.0184. The Labute approximate surface area is 119 Å². The third-order valence-corrected chi connectivity index (χ3v) is 3.78. The van der Waals surface area contributed by atoms with E-state index in [0.29, 0.717) is 18.9 Å². The third kappa shape index (κ3) is 3.82. The second-order valence-corrected chi connectivity index (χ2v) is 5.46. The number of amides is 1. The van der Waals surface area contributed by atoms with Crippen LogP contribution in [0.4, 0.5) is 0 Å². The van der Waals surface area contributed by atoms with Crippen LogP contribution in [0.3, 0.4) is 0 Å². The van der Waals surface area contributed by atoms with E-state index in [2.05, 4.69) is 6.07 Å². The number of nitriles is 1. The van der Waals surface area contributed by atoms with Crippen molar-refractivity contribution in [2.75, 3.05) is 13.6 Å². The van der Waals surface area contributed by atoms with E-state index < -0.39 is 6.10 Å². The number of aliphatic hydroxyl groups excluding tert-OH is 1. The van der Waals surface area contributed by atoms with Gasteiger partial charge in [-0.25, -0.2) is 0 Å². The van der Waals surface area contributed by atoms with Crippen LogP contribution in [-0.2, 0) is 17.6 Å². The Morgan fingerprint density at radius 2 is 2.10 bits per heavy atom. The molecule has 106 valence electrons. The van der Waals surface area contributed by atoms with E-state index in [0.717, 1.165) is 24.0 Å². The monoisotopic (exact) mass is 272 g/mol. The molecule has 1 amide bonds. The van der Waals surface area contributed by atoms with Gasteiger partial charge in [-0.1, -0.05) is 24.3 Å². The van der Waals surface area contributed by atoms with E-state index >= 15 is 0 Å². The molecule has 1 saturated carbocycles. The van der Waals surface area contributed by atoms with Crippen molar-refractivity contribution in [3.63, 3.8) is 0 Å². The molecule has 1 aromatic carbocycles. The highest BCUT2D eigenvalue weighted by molar-refractivity contribution is 5.79. The quantitative estimate of drug-likeness (QED) is 0.854. The van der Waals surface area contributed by atoms with Gasteiger partial charge in [0.1, 0.15) is 0 Å². The summed E-state index contributed by atoms with van der Waals surface area (Å²) in [6, 6.07) is 9.64.